The SMILES string of the molecule is CC(=O)O.CCc1[nH]c(=O)ccc1C(=O)N1CCOC2(C[C@H]3CC[C@@H](C2)N3)C1. The van der Waals surface area contributed by atoms with Crippen molar-refractivity contribution < 1.29 is 19.4 Å². The summed E-state index contributed by atoms with van der Waals surface area (Å²) in [7, 11) is 0. The number of pyridine rings is 1. The average molecular weight is 391 g/mol. The average Bonchev–Trinajstić information content (AvgIpc) is 2.99. The van der Waals surface area contributed by atoms with Crippen molar-refractivity contribution in [1.82, 2.24) is 15.2 Å². The number of hydrogen-bond acceptors (Lipinski definition) is 5. The summed E-state index contributed by atoms with van der Waals surface area (Å²) in [5.74, 6) is -0.823. The number of hydrogen-bond donors (Lipinski definition) is 3. The number of aromatic amines is 1. The minimum Gasteiger partial charge on any atom is -0.481 e. The van der Waals surface area contributed by atoms with E-state index in [-0.39, 0.29) is 17.1 Å². The van der Waals surface area contributed by atoms with Crippen molar-refractivity contribution in [1.29, 1.82) is 0 Å². The lowest BCUT2D eigenvalue weighted by Crippen LogP contribution is -2.60. The Morgan fingerprint density at radius 1 is 1.29 bits per heavy atom. The molecule has 3 aliphatic heterocycles. The van der Waals surface area contributed by atoms with Crippen LogP contribution in [-0.4, -0.2) is 64.2 Å². The Labute approximate surface area is 164 Å². The Balaban J connectivity index is 0.000000516. The lowest BCUT2D eigenvalue weighted by Gasteiger charge is -2.47. The van der Waals surface area contributed by atoms with E-state index < -0.39 is 5.97 Å². The number of piperidine rings is 1. The van der Waals surface area contributed by atoms with Crippen LogP contribution in [0.25, 0.3) is 0 Å². The largest absolute Gasteiger partial charge is 0.481 e. The Kier molecular flexibility index (Phi) is 6.20. The molecule has 8 nitrogen and oxygen atoms in total. The summed E-state index contributed by atoms with van der Waals surface area (Å²) in [5.41, 5.74) is 0.987. The second-order valence-corrected chi connectivity index (χ2v) is 7.89. The van der Waals surface area contributed by atoms with Gasteiger partial charge in [0.2, 0.25) is 5.56 Å². The van der Waals surface area contributed by atoms with E-state index in [9.17, 15) is 9.59 Å². The summed E-state index contributed by atoms with van der Waals surface area (Å²) < 4.78 is 6.19. The second kappa shape index (κ2) is 8.45. The van der Waals surface area contributed by atoms with Crippen LogP contribution in [0.5, 0.6) is 0 Å². The molecule has 3 fully saturated rings. The number of carboxylic acid groups (broad SMARTS) is 1. The number of aromatic nitrogens is 1. The molecule has 1 aromatic rings. The molecule has 1 amide bonds. The number of ether oxygens (including phenoxy) is 1. The highest BCUT2D eigenvalue weighted by molar-refractivity contribution is 5.95. The number of H-pyrrole nitrogens is 1. The summed E-state index contributed by atoms with van der Waals surface area (Å²) in [5, 5.41) is 11.1. The quantitative estimate of drug-likeness (QED) is 0.697. The first-order valence-corrected chi connectivity index (χ1v) is 9.93. The van der Waals surface area contributed by atoms with Gasteiger partial charge in [-0.3, -0.25) is 14.4 Å². The second-order valence-electron chi connectivity index (χ2n) is 7.89. The van der Waals surface area contributed by atoms with Gasteiger partial charge in [0.1, 0.15) is 0 Å². The molecule has 28 heavy (non-hydrogen) atoms. The molecule has 4 heterocycles. The fourth-order valence-electron chi connectivity index (χ4n) is 4.64. The fraction of sp³-hybridized carbons (Fsp3) is 0.650. The van der Waals surface area contributed by atoms with E-state index in [4.69, 9.17) is 14.6 Å². The van der Waals surface area contributed by atoms with Gasteiger partial charge in [-0.25, -0.2) is 0 Å². The monoisotopic (exact) mass is 391 g/mol. The number of nitrogens with one attached hydrogen (secondary N) is 2. The number of rotatable bonds is 2. The van der Waals surface area contributed by atoms with Crippen molar-refractivity contribution in [3.63, 3.8) is 0 Å². The third-order valence-corrected chi connectivity index (χ3v) is 5.69. The van der Waals surface area contributed by atoms with Crippen LogP contribution < -0.4 is 10.9 Å². The molecule has 0 aliphatic carbocycles. The number of morpholine rings is 1. The van der Waals surface area contributed by atoms with Crippen LogP contribution >= 0.6 is 0 Å². The lowest BCUT2D eigenvalue weighted by atomic mass is 9.85. The minimum absolute atomic E-state index is 0.0108. The number of nitrogens with zero attached hydrogens (tertiary/aromatic N) is 1. The molecule has 2 bridgehead atoms. The zero-order valence-electron chi connectivity index (χ0n) is 16.5. The molecule has 0 radical (unpaired) electrons. The highest BCUT2D eigenvalue weighted by atomic mass is 16.5. The molecular formula is C20H29N3O5. The Morgan fingerprint density at radius 3 is 2.54 bits per heavy atom. The van der Waals surface area contributed by atoms with Crippen molar-refractivity contribution in [2.75, 3.05) is 19.7 Å². The zero-order chi connectivity index (χ0) is 20.3. The first-order valence-electron chi connectivity index (χ1n) is 9.93. The van der Waals surface area contributed by atoms with Crippen molar-refractivity contribution >= 4 is 11.9 Å². The Hall–Kier alpha value is -2.19. The maximum Gasteiger partial charge on any atom is 0.300 e. The number of amides is 1. The van der Waals surface area contributed by atoms with Crippen LogP contribution in [0.3, 0.4) is 0 Å². The molecule has 0 aromatic carbocycles. The molecule has 1 unspecified atom stereocenters. The van der Waals surface area contributed by atoms with Crippen LogP contribution in [0.1, 0.15) is 55.6 Å². The molecule has 1 spiro atoms. The maximum absolute atomic E-state index is 13.0. The van der Waals surface area contributed by atoms with Gasteiger partial charge in [-0.15, -0.1) is 0 Å². The third-order valence-electron chi connectivity index (χ3n) is 5.69. The first kappa shape index (κ1) is 20.5. The Morgan fingerprint density at radius 2 is 1.93 bits per heavy atom. The Bertz CT molecular complexity index is 774. The van der Waals surface area contributed by atoms with Gasteiger partial charge in [0, 0.05) is 37.3 Å². The van der Waals surface area contributed by atoms with E-state index in [1.54, 1.807) is 6.07 Å². The maximum atomic E-state index is 13.0. The molecule has 3 atom stereocenters. The van der Waals surface area contributed by atoms with E-state index in [0.717, 1.165) is 25.5 Å². The molecule has 1 aromatic heterocycles. The summed E-state index contributed by atoms with van der Waals surface area (Å²) in [6, 6.07) is 4.15. The topological polar surface area (TPSA) is 112 Å². The van der Waals surface area contributed by atoms with Crippen LogP contribution in [0.4, 0.5) is 0 Å². The van der Waals surface area contributed by atoms with Crippen LogP contribution in [0.15, 0.2) is 16.9 Å². The van der Waals surface area contributed by atoms with Crippen molar-refractivity contribution in [2.24, 2.45) is 0 Å². The number of carboxylic acids is 1. The van der Waals surface area contributed by atoms with E-state index in [2.05, 4.69) is 10.3 Å². The number of aryl methyl sites for hydroxylation is 1. The number of fused-ring (bicyclic) bond motifs is 2. The molecule has 8 heteroatoms. The predicted octanol–water partition coefficient (Wildman–Crippen LogP) is 1.15. The summed E-state index contributed by atoms with van der Waals surface area (Å²) in [4.78, 5) is 38.3. The van der Waals surface area contributed by atoms with Crippen LogP contribution in [-0.2, 0) is 16.0 Å². The highest BCUT2D eigenvalue weighted by Crippen LogP contribution is 2.38. The number of carbonyl (C=O) groups excluding carboxylic acids is 1. The van der Waals surface area contributed by atoms with Crippen molar-refractivity contribution in [3.05, 3.63) is 33.7 Å². The van der Waals surface area contributed by atoms with Crippen LogP contribution in [0.2, 0.25) is 0 Å². The number of carbonyl (C=O) groups is 2. The van der Waals surface area contributed by atoms with Gasteiger partial charge in [-0.1, -0.05) is 6.92 Å². The first-order chi connectivity index (χ1) is 13.3. The molecule has 3 saturated heterocycles. The van der Waals surface area contributed by atoms with Gasteiger partial charge < -0.3 is 25.0 Å². The smallest absolute Gasteiger partial charge is 0.300 e. The third kappa shape index (κ3) is 4.62. The molecular weight excluding hydrogens is 362 g/mol. The molecule has 154 valence electrons. The van der Waals surface area contributed by atoms with E-state index in [1.807, 2.05) is 11.8 Å². The fourth-order valence-corrected chi connectivity index (χ4v) is 4.64. The van der Waals surface area contributed by atoms with Gasteiger partial charge >= 0.3 is 0 Å². The standard InChI is InChI=1S/C18H25N3O3.C2H4O2/c1-2-15-14(5-6-16(22)20-15)17(23)21-7-8-24-18(11-21)9-12-3-4-13(10-18)19-12;1-2(3)4/h5-6,12-13,19H,2-4,7-11H2,1H3,(H,20,22);1H3,(H,3,4)/t12-,13+,18?;. The van der Waals surface area contributed by atoms with E-state index >= 15 is 0 Å². The molecule has 3 N–H and O–H groups in total. The normalized spacial score (nSPS) is 28.6. The van der Waals surface area contributed by atoms with E-state index in [1.165, 1.54) is 18.9 Å². The molecule has 0 saturated carbocycles. The van der Waals surface area contributed by atoms with Gasteiger partial charge in [0.25, 0.3) is 11.9 Å². The summed E-state index contributed by atoms with van der Waals surface area (Å²) in [6.07, 6.45) is 5.03. The van der Waals surface area contributed by atoms with Crippen molar-refractivity contribution in [3.8, 4) is 0 Å². The lowest BCUT2D eigenvalue weighted by molar-refractivity contribution is -0.134. The van der Waals surface area contributed by atoms with Gasteiger partial charge in [0.15, 0.2) is 0 Å². The van der Waals surface area contributed by atoms with Crippen molar-refractivity contribution in [2.45, 2.75) is 63.6 Å². The number of aliphatic carboxylic acids is 1. The summed E-state index contributed by atoms with van der Waals surface area (Å²) >= 11 is 0. The highest BCUT2D eigenvalue weighted by Gasteiger charge is 2.47. The van der Waals surface area contributed by atoms with Gasteiger partial charge in [-0.05, 0) is 38.2 Å². The van der Waals surface area contributed by atoms with Crippen LogP contribution in [0, 0.1) is 0 Å². The van der Waals surface area contributed by atoms with E-state index in [0.29, 0.717) is 43.8 Å². The van der Waals surface area contributed by atoms with Gasteiger partial charge in [0.05, 0.1) is 24.3 Å². The predicted molar refractivity (Wildman–Crippen MR) is 104 cm³/mol. The summed E-state index contributed by atoms with van der Waals surface area (Å²) in [6.45, 7) is 4.90. The zero-order valence-corrected chi connectivity index (χ0v) is 16.5. The van der Waals surface area contributed by atoms with Gasteiger partial charge in [-0.2, -0.15) is 0 Å². The molecule has 3 aliphatic rings. The minimum atomic E-state index is -0.833. The molecule has 4 rings (SSSR count).